The first-order chi connectivity index (χ1) is 6.65. The van der Waals surface area contributed by atoms with Crippen LogP contribution in [0.25, 0.3) is 0 Å². The Kier molecular flexibility index (Phi) is 3.59. The fraction of sp³-hybridized carbons (Fsp3) is 0.222. The minimum atomic E-state index is -0.536. The summed E-state index contributed by atoms with van der Waals surface area (Å²) in [6.45, 7) is 0. The molecule has 14 heavy (non-hydrogen) atoms. The smallest absolute Gasteiger partial charge is 0.287 e. The summed E-state index contributed by atoms with van der Waals surface area (Å²) in [6, 6.07) is 4.47. The van der Waals surface area contributed by atoms with Crippen LogP contribution in [0.2, 0.25) is 5.02 Å². The molecule has 0 spiro atoms. The maximum atomic E-state index is 10.4. The summed E-state index contributed by atoms with van der Waals surface area (Å²) in [7, 11) is 0. The lowest BCUT2D eigenvalue weighted by Gasteiger charge is -1.99. The summed E-state index contributed by atoms with van der Waals surface area (Å²) in [5, 5.41) is 10.5. The number of nitrogens with zero attached hydrogens (tertiary/aromatic N) is 1. The van der Waals surface area contributed by atoms with E-state index >= 15 is 0 Å². The van der Waals surface area contributed by atoms with Gasteiger partial charge in [0.25, 0.3) is 5.69 Å². The molecule has 0 aliphatic rings. The molecular formula is C9H8ClNO3. The monoisotopic (exact) mass is 213 g/mol. The number of carbonyl (C=O) groups is 1. The average Bonchev–Trinajstić information content (AvgIpc) is 2.14. The summed E-state index contributed by atoms with van der Waals surface area (Å²) >= 11 is 5.67. The Bertz CT molecular complexity index is 365. The third-order valence-corrected chi connectivity index (χ3v) is 2.06. The number of aryl methyl sites for hydroxylation is 1. The van der Waals surface area contributed by atoms with E-state index in [1.165, 1.54) is 12.1 Å². The molecule has 0 aromatic heterocycles. The molecule has 4 nitrogen and oxygen atoms in total. The number of hydrogen-bond acceptors (Lipinski definition) is 3. The summed E-state index contributed by atoms with van der Waals surface area (Å²) in [5.74, 6) is 0. The highest BCUT2D eigenvalue weighted by Gasteiger charge is 2.11. The quantitative estimate of drug-likeness (QED) is 0.438. The molecule has 1 aromatic carbocycles. The van der Waals surface area contributed by atoms with E-state index in [1.807, 2.05) is 0 Å². The molecule has 0 fully saturated rings. The van der Waals surface area contributed by atoms with Crippen LogP contribution in [0.15, 0.2) is 18.2 Å². The number of carbonyl (C=O) groups excluding carboxylic acids is 1. The van der Waals surface area contributed by atoms with Gasteiger partial charge in [0.1, 0.15) is 11.3 Å². The molecule has 5 heteroatoms. The van der Waals surface area contributed by atoms with Crippen molar-refractivity contribution in [3.63, 3.8) is 0 Å². The zero-order chi connectivity index (χ0) is 10.6. The first-order valence-electron chi connectivity index (χ1n) is 4.01. The fourth-order valence-corrected chi connectivity index (χ4v) is 1.35. The van der Waals surface area contributed by atoms with Crippen LogP contribution < -0.4 is 0 Å². The van der Waals surface area contributed by atoms with Gasteiger partial charge in [-0.2, -0.15) is 0 Å². The van der Waals surface area contributed by atoms with E-state index < -0.39 is 4.92 Å². The molecule has 1 aromatic rings. The van der Waals surface area contributed by atoms with E-state index in [-0.39, 0.29) is 10.7 Å². The van der Waals surface area contributed by atoms with Gasteiger partial charge in [-0.05, 0) is 18.1 Å². The summed E-state index contributed by atoms with van der Waals surface area (Å²) in [6.07, 6.45) is 1.75. The van der Waals surface area contributed by atoms with Gasteiger partial charge in [0.15, 0.2) is 0 Å². The van der Waals surface area contributed by atoms with Gasteiger partial charge in [0, 0.05) is 12.5 Å². The first-order valence-corrected chi connectivity index (χ1v) is 4.39. The Balaban J connectivity index is 2.88. The Morgan fingerprint density at radius 1 is 1.50 bits per heavy atom. The standard InChI is InChI=1S/C9H8ClNO3/c10-8-6-7(2-1-5-12)3-4-9(8)11(13)14/h3-6H,1-2H2. The number of nitro benzene ring substituents is 1. The lowest BCUT2D eigenvalue weighted by molar-refractivity contribution is -0.384. The molecule has 0 radical (unpaired) electrons. The molecular weight excluding hydrogens is 206 g/mol. The van der Waals surface area contributed by atoms with Crippen molar-refractivity contribution < 1.29 is 9.72 Å². The number of rotatable bonds is 4. The van der Waals surface area contributed by atoms with Crippen molar-refractivity contribution in [2.24, 2.45) is 0 Å². The Morgan fingerprint density at radius 2 is 2.21 bits per heavy atom. The molecule has 1 rings (SSSR count). The van der Waals surface area contributed by atoms with Gasteiger partial charge in [0.05, 0.1) is 4.92 Å². The molecule has 0 unspecified atom stereocenters. The zero-order valence-electron chi connectivity index (χ0n) is 7.27. The van der Waals surface area contributed by atoms with Crippen molar-refractivity contribution in [2.75, 3.05) is 0 Å². The third-order valence-electron chi connectivity index (χ3n) is 1.76. The Morgan fingerprint density at radius 3 is 2.71 bits per heavy atom. The number of benzene rings is 1. The van der Waals surface area contributed by atoms with E-state index in [4.69, 9.17) is 11.6 Å². The minimum absolute atomic E-state index is 0.110. The van der Waals surface area contributed by atoms with Crippen molar-refractivity contribution >= 4 is 23.6 Å². The number of aldehydes is 1. The number of nitro groups is 1. The van der Waals surface area contributed by atoms with Crippen LogP contribution in [-0.4, -0.2) is 11.2 Å². The molecule has 0 aliphatic heterocycles. The summed E-state index contributed by atoms with van der Waals surface area (Å²) in [4.78, 5) is 20.0. The second-order valence-electron chi connectivity index (χ2n) is 2.75. The van der Waals surface area contributed by atoms with E-state index in [0.29, 0.717) is 12.8 Å². The molecule has 74 valence electrons. The number of hydrogen-bond donors (Lipinski definition) is 0. The van der Waals surface area contributed by atoms with Gasteiger partial charge < -0.3 is 4.79 Å². The van der Waals surface area contributed by atoms with Gasteiger partial charge in [-0.25, -0.2) is 0 Å². The van der Waals surface area contributed by atoms with Gasteiger partial charge in [-0.1, -0.05) is 17.7 Å². The molecule has 0 heterocycles. The topological polar surface area (TPSA) is 60.2 Å². The van der Waals surface area contributed by atoms with Crippen LogP contribution >= 0.6 is 11.6 Å². The predicted molar refractivity (Wildman–Crippen MR) is 52.5 cm³/mol. The summed E-state index contributed by atoms with van der Waals surface area (Å²) < 4.78 is 0. The highest BCUT2D eigenvalue weighted by molar-refractivity contribution is 6.32. The first kappa shape index (κ1) is 10.7. The molecule has 0 saturated carbocycles. The zero-order valence-corrected chi connectivity index (χ0v) is 8.03. The normalized spacial score (nSPS) is 9.79. The molecule has 0 aliphatic carbocycles. The molecule has 0 saturated heterocycles. The van der Waals surface area contributed by atoms with Crippen molar-refractivity contribution in [3.8, 4) is 0 Å². The molecule has 0 bridgehead atoms. The Labute approximate surface area is 85.6 Å². The fourth-order valence-electron chi connectivity index (χ4n) is 1.08. The predicted octanol–water partition coefficient (Wildman–Crippen LogP) is 2.38. The molecule has 0 amide bonds. The largest absolute Gasteiger partial charge is 0.303 e. The average molecular weight is 214 g/mol. The summed E-state index contributed by atoms with van der Waals surface area (Å²) in [5.41, 5.74) is 0.717. The van der Waals surface area contributed by atoms with Crippen molar-refractivity contribution in [2.45, 2.75) is 12.8 Å². The molecule has 0 N–H and O–H groups in total. The van der Waals surface area contributed by atoms with Crippen LogP contribution in [0.1, 0.15) is 12.0 Å². The lowest BCUT2D eigenvalue weighted by Crippen LogP contribution is -1.91. The molecule has 0 atom stereocenters. The van der Waals surface area contributed by atoms with Crippen LogP contribution in [0, 0.1) is 10.1 Å². The van der Waals surface area contributed by atoms with Gasteiger partial charge >= 0.3 is 0 Å². The van der Waals surface area contributed by atoms with Crippen molar-refractivity contribution in [1.29, 1.82) is 0 Å². The van der Waals surface area contributed by atoms with Gasteiger partial charge in [-0.3, -0.25) is 10.1 Å². The van der Waals surface area contributed by atoms with Gasteiger partial charge in [0.2, 0.25) is 0 Å². The Hall–Kier alpha value is -1.42. The third kappa shape index (κ3) is 2.53. The van der Waals surface area contributed by atoms with Crippen molar-refractivity contribution in [3.05, 3.63) is 38.9 Å². The maximum absolute atomic E-state index is 10.4. The lowest BCUT2D eigenvalue weighted by atomic mass is 10.1. The SMILES string of the molecule is O=CCCc1ccc([N+](=O)[O-])c(Cl)c1. The van der Waals surface area contributed by atoms with E-state index in [1.54, 1.807) is 6.07 Å². The van der Waals surface area contributed by atoms with Crippen molar-refractivity contribution in [1.82, 2.24) is 0 Å². The van der Waals surface area contributed by atoms with Crippen LogP contribution in [0.5, 0.6) is 0 Å². The maximum Gasteiger partial charge on any atom is 0.287 e. The second kappa shape index (κ2) is 4.72. The van der Waals surface area contributed by atoms with E-state index in [2.05, 4.69) is 0 Å². The van der Waals surface area contributed by atoms with Crippen LogP contribution in [0.3, 0.4) is 0 Å². The second-order valence-corrected chi connectivity index (χ2v) is 3.16. The highest BCUT2D eigenvalue weighted by atomic mass is 35.5. The van der Waals surface area contributed by atoms with E-state index in [9.17, 15) is 14.9 Å². The van der Waals surface area contributed by atoms with Crippen LogP contribution in [0.4, 0.5) is 5.69 Å². The van der Waals surface area contributed by atoms with Gasteiger partial charge in [-0.15, -0.1) is 0 Å². The van der Waals surface area contributed by atoms with Crippen LogP contribution in [-0.2, 0) is 11.2 Å². The highest BCUT2D eigenvalue weighted by Crippen LogP contribution is 2.25. The van der Waals surface area contributed by atoms with E-state index in [0.717, 1.165) is 11.8 Å². The number of halogens is 1. The minimum Gasteiger partial charge on any atom is -0.303 e.